The average molecular weight is 323 g/mol. The Balaban J connectivity index is 1.97. The molecule has 8 heteroatoms. The minimum atomic E-state index is -0.275. The monoisotopic (exact) mass is 323 g/mol. The first kappa shape index (κ1) is 14.2. The number of aromatic nitrogens is 5. The molecule has 0 aliphatic carbocycles. The zero-order valence-electron chi connectivity index (χ0n) is 13.0. The third kappa shape index (κ3) is 2.08. The Morgan fingerprint density at radius 3 is 2.83 bits per heavy atom. The van der Waals surface area contributed by atoms with Gasteiger partial charge in [0, 0.05) is 17.8 Å². The zero-order valence-corrected chi connectivity index (χ0v) is 13.0. The molecule has 0 spiro atoms. The number of rotatable bonds is 3. The number of H-pyrrole nitrogens is 1. The molecule has 24 heavy (non-hydrogen) atoms. The van der Waals surface area contributed by atoms with Gasteiger partial charge in [0.2, 0.25) is 5.88 Å². The molecule has 0 aliphatic rings. The smallest absolute Gasteiger partial charge is 0.347 e. The molecule has 0 unspecified atom stereocenters. The van der Waals surface area contributed by atoms with E-state index in [4.69, 9.17) is 9.47 Å². The van der Waals surface area contributed by atoms with Gasteiger partial charge in [0.15, 0.2) is 5.65 Å². The van der Waals surface area contributed by atoms with Gasteiger partial charge in [0.05, 0.1) is 19.8 Å². The summed E-state index contributed by atoms with van der Waals surface area (Å²) >= 11 is 0. The Labute approximate surface area is 135 Å². The van der Waals surface area contributed by atoms with Crippen molar-refractivity contribution in [1.82, 2.24) is 24.6 Å². The largest absolute Gasteiger partial charge is 0.480 e. The van der Waals surface area contributed by atoms with E-state index in [-0.39, 0.29) is 11.7 Å². The highest BCUT2D eigenvalue weighted by Gasteiger charge is 2.12. The SMILES string of the molecule is COc1ncc(-c2ccc3ccn4c(=O)[nH]nc4c3c2)c(OC)n1. The Morgan fingerprint density at radius 2 is 2.04 bits per heavy atom. The maximum Gasteiger partial charge on any atom is 0.347 e. The molecule has 0 saturated carbocycles. The van der Waals surface area contributed by atoms with Gasteiger partial charge in [-0.2, -0.15) is 10.1 Å². The summed E-state index contributed by atoms with van der Waals surface area (Å²) in [6.45, 7) is 0. The maximum atomic E-state index is 11.7. The van der Waals surface area contributed by atoms with E-state index in [9.17, 15) is 4.79 Å². The van der Waals surface area contributed by atoms with Crippen molar-refractivity contribution in [2.45, 2.75) is 0 Å². The highest BCUT2D eigenvalue weighted by molar-refractivity contribution is 5.96. The molecule has 3 aromatic heterocycles. The normalized spacial score (nSPS) is 11.1. The quantitative estimate of drug-likeness (QED) is 0.616. The number of hydrogen-bond donors (Lipinski definition) is 1. The lowest BCUT2D eigenvalue weighted by atomic mass is 10.0. The van der Waals surface area contributed by atoms with Crippen LogP contribution in [-0.4, -0.2) is 38.8 Å². The molecule has 0 amide bonds. The summed E-state index contributed by atoms with van der Waals surface area (Å²) in [5, 5.41) is 8.36. The van der Waals surface area contributed by atoms with E-state index >= 15 is 0 Å². The lowest BCUT2D eigenvalue weighted by Gasteiger charge is -2.09. The summed E-state index contributed by atoms with van der Waals surface area (Å²) in [5.41, 5.74) is 1.86. The van der Waals surface area contributed by atoms with Crippen LogP contribution in [0.15, 0.2) is 41.5 Å². The van der Waals surface area contributed by atoms with E-state index in [0.717, 1.165) is 21.9 Å². The van der Waals surface area contributed by atoms with Crippen LogP contribution >= 0.6 is 0 Å². The molecule has 1 N–H and O–H groups in total. The van der Waals surface area contributed by atoms with Crippen molar-refractivity contribution in [3.63, 3.8) is 0 Å². The number of pyridine rings is 1. The number of nitrogens with one attached hydrogen (secondary N) is 1. The van der Waals surface area contributed by atoms with Gasteiger partial charge < -0.3 is 9.47 Å². The molecule has 0 saturated heterocycles. The number of aromatic amines is 1. The minimum absolute atomic E-state index is 0.234. The van der Waals surface area contributed by atoms with Crippen molar-refractivity contribution in [3.05, 3.63) is 47.1 Å². The minimum Gasteiger partial charge on any atom is -0.480 e. The molecule has 120 valence electrons. The van der Waals surface area contributed by atoms with Crippen molar-refractivity contribution >= 4 is 16.4 Å². The fraction of sp³-hybridized carbons (Fsp3) is 0.125. The third-order valence-corrected chi connectivity index (χ3v) is 3.82. The Kier molecular flexibility index (Phi) is 3.16. The predicted molar refractivity (Wildman–Crippen MR) is 87.4 cm³/mol. The summed E-state index contributed by atoms with van der Waals surface area (Å²) in [6, 6.07) is 7.92. The number of ether oxygens (including phenoxy) is 2. The number of nitrogens with zero attached hydrogens (tertiary/aromatic N) is 4. The van der Waals surface area contributed by atoms with Gasteiger partial charge in [0.25, 0.3) is 0 Å². The molecular formula is C16H13N5O3. The molecule has 4 rings (SSSR count). The molecule has 4 aromatic rings. The van der Waals surface area contributed by atoms with E-state index in [1.165, 1.54) is 18.6 Å². The first-order valence-corrected chi connectivity index (χ1v) is 7.16. The fourth-order valence-corrected chi connectivity index (χ4v) is 2.65. The highest BCUT2D eigenvalue weighted by atomic mass is 16.5. The van der Waals surface area contributed by atoms with Gasteiger partial charge in [-0.3, -0.25) is 0 Å². The molecule has 0 aliphatic heterocycles. The highest BCUT2D eigenvalue weighted by Crippen LogP contribution is 2.31. The van der Waals surface area contributed by atoms with Crippen LogP contribution in [-0.2, 0) is 0 Å². The maximum absolute atomic E-state index is 11.7. The van der Waals surface area contributed by atoms with Crippen LogP contribution in [0.4, 0.5) is 0 Å². The van der Waals surface area contributed by atoms with Crippen molar-refractivity contribution in [1.29, 1.82) is 0 Å². The third-order valence-electron chi connectivity index (χ3n) is 3.82. The van der Waals surface area contributed by atoms with Gasteiger partial charge in [-0.05, 0) is 23.1 Å². The molecule has 0 radical (unpaired) electrons. The van der Waals surface area contributed by atoms with E-state index in [1.54, 1.807) is 12.4 Å². The van der Waals surface area contributed by atoms with Crippen LogP contribution in [0.25, 0.3) is 27.5 Å². The van der Waals surface area contributed by atoms with Crippen LogP contribution < -0.4 is 15.2 Å². The Bertz CT molecular complexity index is 1120. The second-order valence-electron chi connectivity index (χ2n) is 5.12. The molecule has 0 fully saturated rings. The lowest BCUT2D eigenvalue weighted by Crippen LogP contribution is -2.08. The van der Waals surface area contributed by atoms with Gasteiger partial charge in [-0.25, -0.2) is 19.3 Å². The lowest BCUT2D eigenvalue weighted by molar-refractivity contribution is 0.353. The van der Waals surface area contributed by atoms with Crippen LogP contribution in [0, 0.1) is 0 Å². The fourth-order valence-electron chi connectivity index (χ4n) is 2.65. The molecule has 8 nitrogen and oxygen atoms in total. The van der Waals surface area contributed by atoms with Gasteiger partial charge in [0.1, 0.15) is 0 Å². The molecule has 3 heterocycles. The summed E-state index contributed by atoms with van der Waals surface area (Å²) in [5.74, 6) is 0.410. The average Bonchev–Trinajstić information content (AvgIpc) is 3.02. The van der Waals surface area contributed by atoms with E-state index < -0.39 is 0 Å². The number of fused-ring (bicyclic) bond motifs is 3. The topological polar surface area (TPSA) is 94.4 Å². The Morgan fingerprint density at radius 1 is 1.17 bits per heavy atom. The predicted octanol–water partition coefficient (Wildman–Crippen LogP) is 1.65. The first-order valence-electron chi connectivity index (χ1n) is 7.16. The summed E-state index contributed by atoms with van der Waals surface area (Å²) in [7, 11) is 3.04. The number of methoxy groups -OCH3 is 2. The van der Waals surface area contributed by atoms with E-state index in [0.29, 0.717) is 11.5 Å². The number of hydrogen-bond acceptors (Lipinski definition) is 6. The summed E-state index contributed by atoms with van der Waals surface area (Å²) in [4.78, 5) is 20.1. The Hall–Kier alpha value is -3.42. The zero-order chi connectivity index (χ0) is 16.7. The second-order valence-corrected chi connectivity index (χ2v) is 5.12. The van der Waals surface area contributed by atoms with E-state index in [1.807, 2.05) is 24.3 Å². The molecule has 0 bridgehead atoms. The van der Waals surface area contributed by atoms with Crippen molar-refractivity contribution in [3.8, 4) is 23.0 Å². The number of benzene rings is 1. The van der Waals surface area contributed by atoms with E-state index in [2.05, 4.69) is 20.2 Å². The standard InChI is InChI=1S/C16H13N5O3/c1-23-14-12(8-17-15(18-14)24-2)10-4-3-9-5-6-21-13(11(9)7-10)19-20-16(21)22/h3-8H,1-2H3,(H,20,22). The van der Waals surface area contributed by atoms with Crippen LogP contribution in [0.2, 0.25) is 0 Å². The van der Waals surface area contributed by atoms with Crippen LogP contribution in [0.1, 0.15) is 0 Å². The van der Waals surface area contributed by atoms with Crippen molar-refractivity contribution < 1.29 is 9.47 Å². The van der Waals surface area contributed by atoms with Crippen molar-refractivity contribution in [2.24, 2.45) is 0 Å². The first-order chi connectivity index (χ1) is 11.7. The molecular weight excluding hydrogens is 310 g/mol. The van der Waals surface area contributed by atoms with Crippen molar-refractivity contribution in [2.75, 3.05) is 14.2 Å². The van der Waals surface area contributed by atoms with Gasteiger partial charge >= 0.3 is 11.7 Å². The van der Waals surface area contributed by atoms with Gasteiger partial charge in [-0.15, -0.1) is 0 Å². The summed E-state index contributed by atoms with van der Waals surface area (Å²) < 4.78 is 11.8. The summed E-state index contributed by atoms with van der Waals surface area (Å²) in [6.07, 6.45) is 3.34. The van der Waals surface area contributed by atoms with Crippen LogP contribution in [0.5, 0.6) is 11.9 Å². The molecule has 1 aromatic carbocycles. The molecule has 0 atom stereocenters. The van der Waals surface area contributed by atoms with Gasteiger partial charge in [-0.1, -0.05) is 12.1 Å². The second kappa shape index (κ2) is 5.34. The van der Waals surface area contributed by atoms with Crippen LogP contribution in [0.3, 0.4) is 0 Å².